The van der Waals surface area contributed by atoms with Gasteiger partial charge in [-0.3, -0.25) is 9.59 Å². The summed E-state index contributed by atoms with van der Waals surface area (Å²) in [6, 6.07) is 10.9. The zero-order valence-electron chi connectivity index (χ0n) is 14.0. The van der Waals surface area contributed by atoms with Crippen LogP contribution in [0, 0.1) is 19.8 Å². The van der Waals surface area contributed by atoms with Crippen LogP contribution < -0.4 is 10.2 Å². The smallest absolute Gasteiger partial charge is 0.229 e. The Hall–Kier alpha value is -2.04. The van der Waals surface area contributed by atoms with Crippen molar-refractivity contribution in [3.05, 3.63) is 57.6 Å². The molecule has 130 valence electrons. The molecule has 0 bridgehead atoms. The van der Waals surface area contributed by atoms with Crippen molar-refractivity contribution in [2.75, 3.05) is 16.8 Å². The van der Waals surface area contributed by atoms with E-state index in [4.69, 9.17) is 23.2 Å². The van der Waals surface area contributed by atoms with Crippen LogP contribution in [-0.4, -0.2) is 18.4 Å². The van der Waals surface area contributed by atoms with Crippen molar-refractivity contribution in [1.29, 1.82) is 0 Å². The predicted molar refractivity (Wildman–Crippen MR) is 101 cm³/mol. The van der Waals surface area contributed by atoms with E-state index in [9.17, 15) is 9.59 Å². The summed E-state index contributed by atoms with van der Waals surface area (Å²) in [5.74, 6) is -0.709. The minimum atomic E-state index is -0.428. The summed E-state index contributed by atoms with van der Waals surface area (Å²) in [6.45, 7) is 4.34. The van der Waals surface area contributed by atoms with Crippen molar-refractivity contribution >= 4 is 46.4 Å². The average Bonchev–Trinajstić information content (AvgIpc) is 2.96. The van der Waals surface area contributed by atoms with E-state index in [1.165, 1.54) is 0 Å². The van der Waals surface area contributed by atoms with Gasteiger partial charge in [0.25, 0.3) is 0 Å². The fraction of sp³-hybridized carbons (Fsp3) is 0.263. The van der Waals surface area contributed by atoms with E-state index in [-0.39, 0.29) is 18.2 Å². The Labute approximate surface area is 156 Å². The van der Waals surface area contributed by atoms with Crippen LogP contribution in [0.1, 0.15) is 17.5 Å². The fourth-order valence-electron chi connectivity index (χ4n) is 2.98. The third kappa shape index (κ3) is 3.51. The molecule has 1 heterocycles. The number of anilines is 2. The number of halogens is 2. The molecular formula is C19H18Cl2N2O2. The molecule has 0 saturated carbocycles. The summed E-state index contributed by atoms with van der Waals surface area (Å²) < 4.78 is 0. The van der Waals surface area contributed by atoms with Gasteiger partial charge in [0.1, 0.15) is 0 Å². The minimum absolute atomic E-state index is 0.0500. The number of carbonyl (C=O) groups is 2. The van der Waals surface area contributed by atoms with Gasteiger partial charge in [-0.15, -0.1) is 0 Å². The van der Waals surface area contributed by atoms with E-state index in [1.807, 2.05) is 32.0 Å². The lowest BCUT2D eigenvalue weighted by atomic mass is 10.1. The largest absolute Gasteiger partial charge is 0.324 e. The van der Waals surface area contributed by atoms with Crippen LogP contribution in [0.5, 0.6) is 0 Å². The molecule has 4 nitrogen and oxygen atoms in total. The van der Waals surface area contributed by atoms with Crippen LogP contribution in [0.4, 0.5) is 11.4 Å². The number of rotatable bonds is 3. The molecule has 6 heteroatoms. The highest BCUT2D eigenvalue weighted by atomic mass is 35.5. The Balaban J connectivity index is 1.77. The van der Waals surface area contributed by atoms with Gasteiger partial charge in [0, 0.05) is 18.7 Å². The van der Waals surface area contributed by atoms with Crippen LogP contribution in [0.3, 0.4) is 0 Å². The second-order valence-corrected chi connectivity index (χ2v) is 7.00. The molecule has 1 N–H and O–H groups in total. The summed E-state index contributed by atoms with van der Waals surface area (Å²) in [6.07, 6.45) is 0.178. The van der Waals surface area contributed by atoms with Crippen molar-refractivity contribution in [3.63, 3.8) is 0 Å². The van der Waals surface area contributed by atoms with Crippen molar-refractivity contribution in [3.8, 4) is 0 Å². The molecule has 2 aromatic carbocycles. The first-order valence-corrected chi connectivity index (χ1v) is 8.75. The van der Waals surface area contributed by atoms with Crippen LogP contribution >= 0.6 is 23.2 Å². The number of benzene rings is 2. The Morgan fingerprint density at radius 1 is 1.16 bits per heavy atom. The first-order valence-electron chi connectivity index (χ1n) is 8.00. The van der Waals surface area contributed by atoms with Crippen LogP contribution in [0.15, 0.2) is 36.4 Å². The maximum absolute atomic E-state index is 12.6. The molecule has 0 radical (unpaired) electrons. The zero-order chi connectivity index (χ0) is 18.1. The van der Waals surface area contributed by atoms with E-state index in [2.05, 4.69) is 5.32 Å². The summed E-state index contributed by atoms with van der Waals surface area (Å²) in [5.41, 5.74) is 3.48. The van der Waals surface area contributed by atoms with E-state index in [1.54, 1.807) is 23.1 Å². The number of hydrogen-bond donors (Lipinski definition) is 1. The second-order valence-electron chi connectivity index (χ2n) is 6.22. The number of hydrogen-bond acceptors (Lipinski definition) is 2. The van der Waals surface area contributed by atoms with Crippen LogP contribution in [0.25, 0.3) is 0 Å². The number of carbonyl (C=O) groups excluding carboxylic acids is 2. The molecule has 1 atom stereocenters. The number of aryl methyl sites for hydroxylation is 1. The molecule has 1 aliphatic rings. The molecule has 1 unspecified atom stereocenters. The third-order valence-corrected chi connectivity index (χ3v) is 5.39. The van der Waals surface area contributed by atoms with E-state index in [0.717, 1.165) is 16.8 Å². The molecule has 0 aromatic heterocycles. The van der Waals surface area contributed by atoms with Crippen LogP contribution in [-0.2, 0) is 9.59 Å². The van der Waals surface area contributed by atoms with Crippen molar-refractivity contribution < 1.29 is 9.59 Å². The van der Waals surface area contributed by atoms with Crippen LogP contribution in [0.2, 0.25) is 10.0 Å². The quantitative estimate of drug-likeness (QED) is 0.850. The Kier molecular flexibility index (Phi) is 5.02. The standard InChI is InChI=1S/C19H18Cl2N2O2/c1-11-5-3-8-16(12(11)2)23-10-13(9-17(23)24)19(25)22-15-7-4-6-14(20)18(15)21/h3-8,13H,9-10H2,1-2H3,(H,22,25). The van der Waals surface area contributed by atoms with Crippen molar-refractivity contribution in [2.45, 2.75) is 20.3 Å². The summed E-state index contributed by atoms with van der Waals surface area (Å²) >= 11 is 12.1. The van der Waals surface area contributed by atoms with Gasteiger partial charge < -0.3 is 10.2 Å². The molecule has 3 rings (SSSR count). The van der Waals surface area contributed by atoms with Gasteiger partial charge in [0.2, 0.25) is 11.8 Å². The fourth-order valence-corrected chi connectivity index (χ4v) is 3.33. The Bertz CT molecular complexity index is 851. The minimum Gasteiger partial charge on any atom is -0.324 e. The average molecular weight is 377 g/mol. The van der Waals surface area contributed by atoms with Gasteiger partial charge in [0.05, 0.1) is 21.7 Å². The monoisotopic (exact) mass is 376 g/mol. The topological polar surface area (TPSA) is 49.4 Å². The molecule has 1 aliphatic heterocycles. The second kappa shape index (κ2) is 7.06. The predicted octanol–water partition coefficient (Wildman–Crippen LogP) is 4.60. The highest BCUT2D eigenvalue weighted by Gasteiger charge is 2.36. The van der Waals surface area contributed by atoms with Gasteiger partial charge >= 0.3 is 0 Å². The van der Waals surface area contributed by atoms with Crippen molar-refractivity contribution in [1.82, 2.24) is 0 Å². The van der Waals surface area contributed by atoms with Gasteiger partial charge in [-0.2, -0.15) is 0 Å². The van der Waals surface area contributed by atoms with Gasteiger partial charge in [0.15, 0.2) is 0 Å². The van der Waals surface area contributed by atoms with Gasteiger partial charge in [-0.1, -0.05) is 41.4 Å². The SMILES string of the molecule is Cc1cccc(N2CC(C(=O)Nc3cccc(Cl)c3Cl)CC2=O)c1C. The lowest BCUT2D eigenvalue weighted by molar-refractivity contribution is -0.122. The highest BCUT2D eigenvalue weighted by Crippen LogP contribution is 2.32. The number of nitrogens with one attached hydrogen (secondary N) is 1. The maximum Gasteiger partial charge on any atom is 0.229 e. The van der Waals surface area contributed by atoms with Gasteiger partial charge in [-0.25, -0.2) is 0 Å². The molecule has 0 spiro atoms. The molecule has 2 amide bonds. The summed E-state index contributed by atoms with van der Waals surface area (Å²) in [5, 5.41) is 3.45. The van der Waals surface area contributed by atoms with Gasteiger partial charge in [-0.05, 0) is 43.2 Å². The zero-order valence-corrected chi connectivity index (χ0v) is 15.5. The van der Waals surface area contributed by atoms with Crippen molar-refractivity contribution in [2.24, 2.45) is 5.92 Å². The Morgan fingerprint density at radius 2 is 1.88 bits per heavy atom. The first kappa shape index (κ1) is 17.8. The summed E-state index contributed by atoms with van der Waals surface area (Å²) in [7, 11) is 0. The number of nitrogens with zero attached hydrogens (tertiary/aromatic N) is 1. The molecule has 1 saturated heterocycles. The normalized spacial score (nSPS) is 17.0. The maximum atomic E-state index is 12.6. The molecular weight excluding hydrogens is 359 g/mol. The number of amides is 2. The van der Waals surface area contributed by atoms with E-state index in [0.29, 0.717) is 22.3 Å². The third-order valence-electron chi connectivity index (χ3n) is 4.57. The lowest BCUT2D eigenvalue weighted by Gasteiger charge is -2.20. The molecule has 2 aromatic rings. The Morgan fingerprint density at radius 3 is 2.64 bits per heavy atom. The molecule has 25 heavy (non-hydrogen) atoms. The lowest BCUT2D eigenvalue weighted by Crippen LogP contribution is -2.28. The first-order chi connectivity index (χ1) is 11.9. The molecule has 0 aliphatic carbocycles. The highest BCUT2D eigenvalue weighted by molar-refractivity contribution is 6.44. The van der Waals surface area contributed by atoms with E-state index < -0.39 is 5.92 Å². The summed E-state index contributed by atoms with van der Waals surface area (Å²) in [4.78, 5) is 26.7. The van der Waals surface area contributed by atoms with E-state index >= 15 is 0 Å². The molecule has 1 fully saturated rings.